The van der Waals surface area contributed by atoms with Gasteiger partial charge in [-0.25, -0.2) is 4.79 Å². The highest BCUT2D eigenvalue weighted by atomic mass is 35.5. The fourth-order valence-corrected chi connectivity index (χ4v) is 4.95. The first-order valence-electron chi connectivity index (χ1n) is 10.9. The minimum Gasteiger partial charge on any atom is -0.305 e. The van der Waals surface area contributed by atoms with Crippen molar-refractivity contribution in [2.75, 3.05) is 0 Å². The largest absolute Gasteiger partial charge is 0.326 e. The zero-order valence-corrected chi connectivity index (χ0v) is 18.9. The predicted octanol–water partition coefficient (Wildman–Crippen LogP) is 3.95. The fraction of sp³-hybridized carbons (Fsp3) is 0.208. The van der Waals surface area contributed by atoms with Gasteiger partial charge in [0.15, 0.2) is 5.82 Å². The molecule has 0 saturated heterocycles. The van der Waals surface area contributed by atoms with Crippen molar-refractivity contribution in [3.05, 3.63) is 81.8 Å². The van der Waals surface area contributed by atoms with Gasteiger partial charge in [-0.05, 0) is 43.2 Å². The Bertz CT molecular complexity index is 1640. The number of benzene rings is 2. The molecule has 1 fully saturated rings. The lowest BCUT2D eigenvalue weighted by atomic mass is 9.79. The number of halogens is 1. The lowest BCUT2D eigenvalue weighted by molar-refractivity contribution is 0.254. The average Bonchev–Trinajstić information content (AvgIpc) is 3.50. The number of nitrogens with one attached hydrogen (secondary N) is 1. The summed E-state index contributed by atoms with van der Waals surface area (Å²) in [4.78, 5) is 15.6. The van der Waals surface area contributed by atoms with Gasteiger partial charge in [0.25, 0.3) is 0 Å². The Hall–Kier alpha value is -4.16. The van der Waals surface area contributed by atoms with Crippen LogP contribution in [0.4, 0.5) is 0 Å². The number of hydrogen-bond donors (Lipinski definition) is 1. The lowest BCUT2D eigenvalue weighted by Crippen LogP contribution is -2.32. The fourth-order valence-electron chi connectivity index (χ4n) is 4.73. The van der Waals surface area contributed by atoms with E-state index in [4.69, 9.17) is 16.9 Å². The highest BCUT2D eigenvalue weighted by molar-refractivity contribution is 6.32. The van der Waals surface area contributed by atoms with Crippen LogP contribution in [0.15, 0.2) is 59.7 Å². The van der Waals surface area contributed by atoms with Crippen LogP contribution in [0.5, 0.6) is 0 Å². The van der Waals surface area contributed by atoms with Crippen LogP contribution in [0.1, 0.15) is 36.2 Å². The van der Waals surface area contributed by atoms with Gasteiger partial charge in [0.05, 0.1) is 45.1 Å². The summed E-state index contributed by atoms with van der Waals surface area (Å²) in [5.74, 6) is 1.59. The van der Waals surface area contributed by atoms with Crippen LogP contribution in [-0.2, 0) is 7.05 Å². The third kappa shape index (κ3) is 3.15. The van der Waals surface area contributed by atoms with Crippen molar-refractivity contribution in [1.82, 2.24) is 34.1 Å². The summed E-state index contributed by atoms with van der Waals surface area (Å²) < 4.78 is 5.50. The summed E-state index contributed by atoms with van der Waals surface area (Å²) in [6.45, 7) is 0. The number of aromatic nitrogens is 7. The van der Waals surface area contributed by atoms with E-state index in [0.717, 1.165) is 35.4 Å². The number of hydrogen-bond acceptors (Lipinski definition) is 5. The Labute approximate surface area is 198 Å². The van der Waals surface area contributed by atoms with Crippen molar-refractivity contribution in [3.8, 4) is 23.1 Å². The molecule has 1 N–H and O–H groups in total. The Morgan fingerprint density at radius 1 is 1.18 bits per heavy atom. The van der Waals surface area contributed by atoms with Crippen molar-refractivity contribution < 1.29 is 0 Å². The third-order valence-electron chi connectivity index (χ3n) is 6.43. The normalized spacial score (nSPS) is 17.6. The van der Waals surface area contributed by atoms with E-state index in [1.165, 1.54) is 0 Å². The first-order chi connectivity index (χ1) is 16.5. The molecule has 0 aliphatic heterocycles. The van der Waals surface area contributed by atoms with Crippen molar-refractivity contribution in [1.29, 1.82) is 5.26 Å². The summed E-state index contributed by atoms with van der Waals surface area (Å²) in [7, 11) is 1.86. The molecule has 34 heavy (non-hydrogen) atoms. The van der Waals surface area contributed by atoms with Crippen molar-refractivity contribution in [2.24, 2.45) is 7.05 Å². The maximum absolute atomic E-state index is 12.7. The monoisotopic (exact) mass is 470 g/mol. The van der Waals surface area contributed by atoms with E-state index in [1.807, 2.05) is 48.1 Å². The second-order valence-corrected chi connectivity index (χ2v) is 8.94. The second kappa shape index (κ2) is 7.71. The maximum Gasteiger partial charge on any atom is 0.326 e. The van der Waals surface area contributed by atoms with E-state index in [0.29, 0.717) is 21.9 Å². The van der Waals surface area contributed by atoms with E-state index in [-0.39, 0.29) is 17.6 Å². The smallest absolute Gasteiger partial charge is 0.305 e. The standard InChI is InChI=1S/C24H19ClN8O/c1-31-13-16(12-27-31)23-30-29-22(33(23)20-5-3-2-4-18(20)25)15-9-17(10-15)32-21-7-6-14(11-26)8-19(21)28-24(32)34/h2-8,12-13,15,17H,9-10H2,1H3,(H,28,34). The van der Waals surface area contributed by atoms with Gasteiger partial charge in [0.1, 0.15) is 5.82 Å². The molecule has 0 atom stereocenters. The quantitative estimate of drug-likeness (QED) is 0.427. The van der Waals surface area contributed by atoms with E-state index in [9.17, 15) is 4.79 Å². The molecule has 0 spiro atoms. The molecule has 0 unspecified atom stereocenters. The second-order valence-electron chi connectivity index (χ2n) is 8.54. The zero-order valence-electron chi connectivity index (χ0n) is 18.2. The number of rotatable bonds is 4. The molecule has 2 aromatic carbocycles. The molecule has 9 nitrogen and oxygen atoms in total. The Morgan fingerprint density at radius 3 is 2.74 bits per heavy atom. The van der Waals surface area contributed by atoms with Crippen molar-refractivity contribution >= 4 is 22.6 Å². The minimum absolute atomic E-state index is 0.0254. The van der Waals surface area contributed by atoms with E-state index in [1.54, 1.807) is 27.6 Å². The van der Waals surface area contributed by atoms with Crippen LogP contribution >= 0.6 is 11.6 Å². The number of nitrogens with zero attached hydrogens (tertiary/aromatic N) is 7. The molecular weight excluding hydrogens is 452 g/mol. The molecule has 0 bridgehead atoms. The van der Waals surface area contributed by atoms with Gasteiger partial charge in [0.2, 0.25) is 0 Å². The molecule has 1 aliphatic carbocycles. The van der Waals surface area contributed by atoms with Gasteiger partial charge >= 0.3 is 5.69 Å². The zero-order chi connectivity index (χ0) is 23.4. The van der Waals surface area contributed by atoms with Crippen LogP contribution in [0.3, 0.4) is 0 Å². The number of imidazole rings is 1. The van der Waals surface area contributed by atoms with E-state index in [2.05, 4.69) is 26.3 Å². The number of para-hydroxylation sites is 1. The Morgan fingerprint density at radius 2 is 2.00 bits per heavy atom. The molecule has 0 radical (unpaired) electrons. The average molecular weight is 471 g/mol. The molecule has 3 aromatic heterocycles. The SMILES string of the molecule is Cn1cc(-c2nnc(C3CC(n4c(=O)[nH]c5cc(C#N)ccc54)C3)n2-c2ccccc2Cl)cn1. The van der Waals surface area contributed by atoms with Crippen molar-refractivity contribution in [2.45, 2.75) is 24.8 Å². The molecular formula is C24H19ClN8O. The molecule has 0 amide bonds. The molecule has 6 rings (SSSR count). The van der Waals surface area contributed by atoms with Gasteiger partial charge in [-0.3, -0.25) is 13.8 Å². The van der Waals surface area contributed by atoms with E-state index >= 15 is 0 Å². The number of H-pyrrole nitrogens is 1. The Balaban J connectivity index is 1.38. The van der Waals surface area contributed by atoms with Crippen molar-refractivity contribution in [3.63, 3.8) is 0 Å². The van der Waals surface area contributed by atoms with Gasteiger partial charge in [-0.2, -0.15) is 10.4 Å². The summed E-state index contributed by atoms with van der Waals surface area (Å²) in [6.07, 6.45) is 5.13. The Kier molecular flexibility index (Phi) is 4.64. The summed E-state index contributed by atoms with van der Waals surface area (Å²) in [5, 5.41) is 23.1. The van der Waals surface area contributed by atoms with Crippen LogP contribution < -0.4 is 5.69 Å². The number of aryl methyl sites for hydroxylation is 1. The van der Waals surface area contributed by atoms with Crippen LogP contribution in [0, 0.1) is 11.3 Å². The van der Waals surface area contributed by atoms with Crippen LogP contribution in [0.25, 0.3) is 28.1 Å². The molecule has 168 valence electrons. The van der Waals surface area contributed by atoms with Gasteiger partial charge in [-0.1, -0.05) is 23.7 Å². The van der Waals surface area contributed by atoms with Gasteiger partial charge < -0.3 is 4.98 Å². The van der Waals surface area contributed by atoms with Gasteiger partial charge in [-0.15, -0.1) is 10.2 Å². The molecule has 10 heteroatoms. The maximum atomic E-state index is 12.7. The molecule has 1 aliphatic rings. The third-order valence-corrected chi connectivity index (χ3v) is 6.75. The van der Waals surface area contributed by atoms with Gasteiger partial charge in [0, 0.05) is 25.2 Å². The lowest BCUT2D eigenvalue weighted by Gasteiger charge is -2.35. The summed E-state index contributed by atoms with van der Waals surface area (Å²) in [5.41, 5.74) is 3.47. The topological polar surface area (TPSA) is 110 Å². The van der Waals surface area contributed by atoms with Crippen LogP contribution in [-0.4, -0.2) is 34.1 Å². The predicted molar refractivity (Wildman–Crippen MR) is 127 cm³/mol. The van der Waals surface area contributed by atoms with Crippen LogP contribution in [0.2, 0.25) is 5.02 Å². The first kappa shape index (κ1) is 20.4. The molecule has 3 heterocycles. The molecule has 5 aromatic rings. The summed E-state index contributed by atoms with van der Waals surface area (Å²) in [6, 6.07) is 15.0. The number of nitriles is 1. The first-order valence-corrected chi connectivity index (χ1v) is 11.2. The highest BCUT2D eigenvalue weighted by Crippen LogP contribution is 2.46. The molecule has 1 saturated carbocycles. The van der Waals surface area contributed by atoms with E-state index < -0.39 is 0 Å². The highest BCUT2D eigenvalue weighted by Gasteiger charge is 2.38. The number of fused-ring (bicyclic) bond motifs is 1. The number of aromatic amines is 1. The summed E-state index contributed by atoms with van der Waals surface area (Å²) >= 11 is 6.57. The minimum atomic E-state index is -0.169.